The van der Waals surface area contributed by atoms with Gasteiger partial charge in [0.15, 0.2) is 0 Å². The number of nitrogens with two attached hydrogens (primary N) is 1. The van der Waals surface area contributed by atoms with Crippen LogP contribution in [-0.2, 0) is 12.8 Å². The molecule has 1 aromatic rings. The van der Waals surface area contributed by atoms with E-state index in [1.54, 1.807) is 0 Å². The number of rotatable bonds is 6. The Morgan fingerprint density at radius 3 is 2.20 bits per heavy atom. The molecule has 2 nitrogen and oxygen atoms in total. The number of hydrazine groups is 1. The van der Waals surface area contributed by atoms with E-state index in [4.69, 9.17) is 5.84 Å². The van der Waals surface area contributed by atoms with Crippen molar-refractivity contribution < 1.29 is 0 Å². The molecule has 112 valence electrons. The zero-order chi connectivity index (χ0) is 14.2. The van der Waals surface area contributed by atoms with Gasteiger partial charge in [-0.05, 0) is 36.3 Å². The van der Waals surface area contributed by atoms with Crippen molar-refractivity contribution in [1.82, 2.24) is 5.43 Å². The Labute approximate surface area is 124 Å². The molecule has 1 saturated carbocycles. The average Bonchev–Trinajstić information content (AvgIpc) is 2.76. The highest BCUT2D eigenvalue weighted by Crippen LogP contribution is 2.27. The topological polar surface area (TPSA) is 38.0 Å². The molecule has 0 saturated heterocycles. The van der Waals surface area contributed by atoms with Crippen molar-refractivity contribution in [3.05, 3.63) is 35.4 Å². The Kier molecular flexibility index (Phi) is 6.55. The molecule has 2 heteroatoms. The van der Waals surface area contributed by atoms with Crippen LogP contribution in [0.1, 0.15) is 63.0 Å². The molecular weight excluding hydrogens is 244 g/mol. The summed E-state index contributed by atoms with van der Waals surface area (Å²) in [5, 5.41) is 0. The Morgan fingerprint density at radius 2 is 1.65 bits per heavy atom. The van der Waals surface area contributed by atoms with E-state index in [1.807, 2.05) is 0 Å². The molecule has 20 heavy (non-hydrogen) atoms. The fraction of sp³-hybridized carbons (Fsp3) is 0.667. The molecule has 0 aliphatic heterocycles. The molecule has 1 atom stereocenters. The minimum Gasteiger partial charge on any atom is -0.271 e. The van der Waals surface area contributed by atoms with Gasteiger partial charge in [0.2, 0.25) is 0 Å². The fourth-order valence-corrected chi connectivity index (χ4v) is 3.41. The molecule has 1 aliphatic carbocycles. The van der Waals surface area contributed by atoms with E-state index in [2.05, 4.69) is 36.6 Å². The van der Waals surface area contributed by atoms with Crippen molar-refractivity contribution in [1.29, 1.82) is 0 Å². The van der Waals surface area contributed by atoms with Crippen LogP contribution >= 0.6 is 0 Å². The van der Waals surface area contributed by atoms with Gasteiger partial charge in [0.1, 0.15) is 0 Å². The van der Waals surface area contributed by atoms with Crippen LogP contribution in [0.5, 0.6) is 0 Å². The summed E-state index contributed by atoms with van der Waals surface area (Å²) in [7, 11) is 0. The zero-order valence-corrected chi connectivity index (χ0v) is 12.9. The molecule has 2 rings (SSSR count). The van der Waals surface area contributed by atoms with Crippen molar-refractivity contribution >= 4 is 0 Å². The number of nitrogens with one attached hydrogen (secondary N) is 1. The van der Waals surface area contributed by atoms with Gasteiger partial charge in [-0.25, -0.2) is 0 Å². The predicted octanol–water partition coefficient (Wildman–Crippen LogP) is 3.98. The van der Waals surface area contributed by atoms with Gasteiger partial charge in [-0.2, -0.15) is 0 Å². The zero-order valence-electron chi connectivity index (χ0n) is 12.9. The van der Waals surface area contributed by atoms with Crippen LogP contribution in [0, 0.1) is 5.92 Å². The Morgan fingerprint density at radius 1 is 1.05 bits per heavy atom. The van der Waals surface area contributed by atoms with Crippen molar-refractivity contribution in [2.75, 3.05) is 0 Å². The van der Waals surface area contributed by atoms with E-state index in [1.165, 1.54) is 56.1 Å². The highest BCUT2D eigenvalue weighted by molar-refractivity contribution is 5.23. The molecule has 1 fully saturated rings. The Bertz CT molecular complexity index is 364. The van der Waals surface area contributed by atoms with Gasteiger partial charge in [-0.3, -0.25) is 11.3 Å². The Balaban J connectivity index is 1.86. The summed E-state index contributed by atoms with van der Waals surface area (Å²) in [6.07, 6.45) is 11.9. The third-order valence-electron chi connectivity index (χ3n) is 4.74. The maximum absolute atomic E-state index is 5.78. The van der Waals surface area contributed by atoms with Crippen molar-refractivity contribution in [3.63, 3.8) is 0 Å². The van der Waals surface area contributed by atoms with E-state index < -0.39 is 0 Å². The smallest absolute Gasteiger partial charge is 0.0253 e. The number of hydrogen-bond acceptors (Lipinski definition) is 2. The van der Waals surface area contributed by atoms with Crippen LogP contribution in [0.15, 0.2) is 24.3 Å². The minimum atomic E-state index is 0.422. The minimum absolute atomic E-state index is 0.422. The van der Waals surface area contributed by atoms with Crippen LogP contribution in [0.2, 0.25) is 0 Å². The SMILES string of the molecule is CCc1ccc(CC(CC2CCCCCC2)NN)cc1. The summed E-state index contributed by atoms with van der Waals surface area (Å²) in [5.41, 5.74) is 5.86. The fourth-order valence-electron chi connectivity index (χ4n) is 3.41. The number of hydrogen-bond donors (Lipinski definition) is 2. The maximum Gasteiger partial charge on any atom is 0.0253 e. The molecule has 3 N–H and O–H groups in total. The third-order valence-corrected chi connectivity index (χ3v) is 4.74. The maximum atomic E-state index is 5.78. The normalized spacial score (nSPS) is 18.7. The van der Waals surface area contributed by atoms with Gasteiger partial charge in [0, 0.05) is 6.04 Å². The number of aryl methyl sites for hydroxylation is 1. The monoisotopic (exact) mass is 274 g/mol. The van der Waals surface area contributed by atoms with Gasteiger partial charge >= 0.3 is 0 Å². The standard InChI is InChI=1S/C18H30N2/c1-2-15-9-11-17(12-10-15)14-18(20-19)13-16-7-5-3-4-6-8-16/h9-12,16,18,20H,2-8,13-14,19H2,1H3. The van der Waals surface area contributed by atoms with Crippen molar-refractivity contribution in [2.45, 2.75) is 70.8 Å². The second kappa shape index (κ2) is 8.43. The molecule has 0 amide bonds. The van der Waals surface area contributed by atoms with E-state index >= 15 is 0 Å². The van der Waals surface area contributed by atoms with Crippen molar-refractivity contribution in [2.24, 2.45) is 11.8 Å². The highest BCUT2D eigenvalue weighted by atomic mass is 15.2. The predicted molar refractivity (Wildman–Crippen MR) is 86.4 cm³/mol. The molecule has 0 spiro atoms. The van der Waals surface area contributed by atoms with Crippen LogP contribution in [0.25, 0.3) is 0 Å². The van der Waals surface area contributed by atoms with Crippen LogP contribution in [0.4, 0.5) is 0 Å². The summed E-state index contributed by atoms with van der Waals surface area (Å²) < 4.78 is 0. The first-order valence-electron chi connectivity index (χ1n) is 8.35. The first-order chi connectivity index (χ1) is 9.81. The Hall–Kier alpha value is -0.860. The molecule has 1 aliphatic rings. The van der Waals surface area contributed by atoms with Gasteiger partial charge < -0.3 is 0 Å². The lowest BCUT2D eigenvalue weighted by Crippen LogP contribution is -2.38. The van der Waals surface area contributed by atoms with Crippen LogP contribution in [-0.4, -0.2) is 6.04 Å². The largest absolute Gasteiger partial charge is 0.271 e. The van der Waals surface area contributed by atoms with Gasteiger partial charge in [0.25, 0.3) is 0 Å². The van der Waals surface area contributed by atoms with Gasteiger partial charge in [-0.1, -0.05) is 69.7 Å². The summed E-state index contributed by atoms with van der Waals surface area (Å²) in [5.74, 6) is 6.65. The van der Waals surface area contributed by atoms with Gasteiger partial charge in [-0.15, -0.1) is 0 Å². The summed E-state index contributed by atoms with van der Waals surface area (Å²) >= 11 is 0. The number of benzene rings is 1. The van der Waals surface area contributed by atoms with Crippen LogP contribution < -0.4 is 11.3 Å². The second-order valence-corrected chi connectivity index (χ2v) is 6.33. The quantitative estimate of drug-likeness (QED) is 0.468. The highest BCUT2D eigenvalue weighted by Gasteiger charge is 2.17. The first-order valence-corrected chi connectivity index (χ1v) is 8.35. The molecule has 0 aromatic heterocycles. The van der Waals surface area contributed by atoms with Gasteiger partial charge in [0.05, 0.1) is 0 Å². The molecule has 1 unspecified atom stereocenters. The van der Waals surface area contributed by atoms with E-state index in [9.17, 15) is 0 Å². The lowest BCUT2D eigenvalue weighted by atomic mass is 9.90. The summed E-state index contributed by atoms with van der Waals surface area (Å²) in [6.45, 7) is 2.20. The molecule has 0 radical (unpaired) electrons. The first kappa shape index (κ1) is 15.5. The third kappa shape index (κ3) is 4.92. The van der Waals surface area contributed by atoms with E-state index in [0.717, 1.165) is 18.8 Å². The summed E-state index contributed by atoms with van der Waals surface area (Å²) in [6, 6.07) is 9.43. The second-order valence-electron chi connectivity index (χ2n) is 6.33. The molecule has 0 heterocycles. The lowest BCUT2D eigenvalue weighted by Gasteiger charge is -2.22. The molecule has 0 bridgehead atoms. The summed E-state index contributed by atoms with van der Waals surface area (Å²) in [4.78, 5) is 0. The van der Waals surface area contributed by atoms with Crippen LogP contribution in [0.3, 0.4) is 0 Å². The molecule has 1 aromatic carbocycles. The van der Waals surface area contributed by atoms with E-state index in [-0.39, 0.29) is 0 Å². The molecular formula is C18H30N2. The lowest BCUT2D eigenvalue weighted by molar-refractivity contribution is 0.352. The van der Waals surface area contributed by atoms with Crippen molar-refractivity contribution in [3.8, 4) is 0 Å². The van der Waals surface area contributed by atoms with E-state index in [0.29, 0.717) is 6.04 Å². The average molecular weight is 274 g/mol.